The first-order chi connectivity index (χ1) is 26.6. The maximum Gasteiger partial charge on any atom is 0.310 e. The van der Waals surface area contributed by atoms with Crippen molar-refractivity contribution in [1.82, 2.24) is 0 Å². The fourth-order valence-corrected chi connectivity index (χ4v) is 13.6. The van der Waals surface area contributed by atoms with Crippen LogP contribution in [0.1, 0.15) is 99.3 Å². The van der Waals surface area contributed by atoms with Crippen LogP contribution < -0.4 is 0 Å². The zero-order valence-corrected chi connectivity index (χ0v) is 34.2. The van der Waals surface area contributed by atoms with E-state index in [1.165, 1.54) is 0 Å². The SMILES string of the molecule is CC1(C)CCC2(C(=O)O)CCC3(C)C(=CCC4C5(C)CCC(OC6OC(CO)C(O)C(O)C6OC6OC(CO)C(O)C(O)C6O)C(C)(CO)C5CCC43C)C2C1O. The topological polar surface area (TPSA) is 256 Å². The molecule has 0 spiro atoms. The van der Waals surface area contributed by atoms with Crippen molar-refractivity contribution in [3.63, 3.8) is 0 Å². The van der Waals surface area contributed by atoms with Crippen molar-refractivity contribution in [2.45, 2.75) is 173 Å². The Labute approximate surface area is 335 Å². The summed E-state index contributed by atoms with van der Waals surface area (Å²) in [6.45, 7) is 11.4. The molecule has 0 radical (unpaired) electrons. The van der Waals surface area contributed by atoms with Gasteiger partial charge in [0.15, 0.2) is 12.6 Å². The molecule has 326 valence electrons. The number of fused-ring (bicyclic) bond motifs is 7. The van der Waals surface area contributed by atoms with Gasteiger partial charge in [0.05, 0.1) is 37.4 Å². The molecule has 0 amide bonds. The average Bonchev–Trinajstić information content (AvgIpc) is 3.17. The first-order valence-electron chi connectivity index (χ1n) is 21.1. The Hall–Kier alpha value is -1.31. The fraction of sp³-hybridized carbons (Fsp3) is 0.929. The number of rotatable bonds is 8. The van der Waals surface area contributed by atoms with Crippen molar-refractivity contribution in [3.8, 4) is 0 Å². The Morgan fingerprint density at radius 1 is 0.719 bits per heavy atom. The zero-order chi connectivity index (χ0) is 41.8. The normalized spacial score (nSPS) is 54.7. The number of hydrogen-bond donors (Lipinski definition) is 10. The summed E-state index contributed by atoms with van der Waals surface area (Å²) in [5.41, 5.74) is -2.05. The van der Waals surface area contributed by atoms with Crippen LogP contribution in [0.4, 0.5) is 0 Å². The molecule has 2 saturated heterocycles. The highest BCUT2D eigenvalue weighted by Gasteiger charge is 2.71. The summed E-state index contributed by atoms with van der Waals surface area (Å²) >= 11 is 0. The summed E-state index contributed by atoms with van der Waals surface area (Å²) in [4.78, 5) is 13.1. The molecule has 0 aromatic rings. The number of ether oxygens (including phenoxy) is 4. The number of allylic oxidation sites excluding steroid dienone is 1. The monoisotopic (exact) mass is 812 g/mol. The van der Waals surface area contributed by atoms with Gasteiger partial charge in [0.2, 0.25) is 0 Å². The van der Waals surface area contributed by atoms with Gasteiger partial charge in [-0.05, 0) is 91.3 Å². The van der Waals surface area contributed by atoms with Gasteiger partial charge in [-0.1, -0.05) is 53.2 Å². The Bertz CT molecular complexity index is 1540. The Morgan fingerprint density at radius 2 is 1.33 bits per heavy atom. The van der Waals surface area contributed by atoms with Gasteiger partial charge in [-0.3, -0.25) is 4.79 Å². The largest absolute Gasteiger partial charge is 0.481 e. The van der Waals surface area contributed by atoms with Crippen LogP contribution in [0.3, 0.4) is 0 Å². The number of aliphatic hydroxyl groups is 9. The summed E-state index contributed by atoms with van der Waals surface area (Å²) < 4.78 is 24.2. The lowest BCUT2D eigenvalue weighted by Crippen LogP contribution is -2.68. The second kappa shape index (κ2) is 14.9. The van der Waals surface area contributed by atoms with Gasteiger partial charge in [0.1, 0.15) is 48.8 Å². The van der Waals surface area contributed by atoms with Crippen LogP contribution >= 0.6 is 0 Å². The van der Waals surface area contributed by atoms with Crippen LogP contribution in [0.5, 0.6) is 0 Å². The minimum Gasteiger partial charge on any atom is -0.481 e. The number of carbonyl (C=O) groups is 1. The van der Waals surface area contributed by atoms with Crippen molar-refractivity contribution >= 4 is 5.97 Å². The van der Waals surface area contributed by atoms with E-state index in [1.54, 1.807) is 0 Å². The first kappa shape index (κ1) is 43.8. The summed E-state index contributed by atoms with van der Waals surface area (Å²) in [5.74, 6) is -1.18. The molecule has 6 fully saturated rings. The third-order valence-corrected chi connectivity index (χ3v) is 17.6. The lowest BCUT2D eigenvalue weighted by atomic mass is 9.33. The third kappa shape index (κ3) is 6.26. The lowest BCUT2D eigenvalue weighted by Gasteiger charge is -2.71. The molecule has 0 bridgehead atoms. The van der Waals surface area contributed by atoms with E-state index in [1.807, 2.05) is 20.8 Å². The average molecular weight is 813 g/mol. The number of aliphatic carboxylic acids is 1. The van der Waals surface area contributed by atoms with Gasteiger partial charge < -0.3 is 70.0 Å². The maximum atomic E-state index is 13.1. The molecular weight excluding hydrogens is 744 g/mol. The third-order valence-electron chi connectivity index (χ3n) is 17.6. The highest BCUT2D eigenvalue weighted by Crippen LogP contribution is 2.76. The maximum absolute atomic E-state index is 13.1. The van der Waals surface area contributed by atoms with Gasteiger partial charge in [0, 0.05) is 11.3 Å². The van der Waals surface area contributed by atoms with Crippen molar-refractivity contribution in [2.75, 3.05) is 19.8 Å². The molecule has 0 aromatic carbocycles. The summed E-state index contributed by atoms with van der Waals surface area (Å²) in [7, 11) is 0. The summed E-state index contributed by atoms with van der Waals surface area (Å²) in [5, 5.41) is 107. The molecule has 20 atom stereocenters. The molecule has 2 heterocycles. The molecule has 5 aliphatic carbocycles. The van der Waals surface area contributed by atoms with Crippen molar-refractivity contribution < 1.29 is 74.8 Å². The lowest BCUT2D eigenvalue weighted by molar-refractivity contribution is -0.379. The van der Waals surface area contributed by atoms with Crippen LogP contribution in [0, 0.1) is 50.2 Å². The number of carboxylic acids is 1. The standard InChI is InChI=1S/C42H68O15/c1-37(2)13-15-42(36(52)53)16-14-40(5)20(26(42)33(37)51)7-8-24-38(3)11-10-25(39(4,19-45)23(38)9-12-41(24,40)6)56-35-32(30(49)28(47)22(18-44)55-35)57-34-31(50)29(48)27(46)21(17-43)54-34/h7,21-35,43-51H,8-19H2,1-6H3,(H,52,53). The van der Waals surface area contributed by atoms with Crippen LogP contribution in [0.15, 0.2) is 11.6 Å². The predicted octanol–water partition coefficient (Wildman–Crippen LogP) is 0.825. The number of hydrogen-bond acceptors (Lipinski definition) is 14. The van der Waals surface area contributed by atoms with Crippen molar-refractivity contribution in [3.05, 3.63) is 11.6 Å². The van der Waals surface area contributed by atoms with E-state index in [0.29, 0.717) is 44.9 Å². The van der Waals surface area contributed by atoms with Gasteiger partial charge in [-0.2, -0.15) is 0 Å². The van der Waals surface area contributed by atoms with Gasteiger partial charge in [-0.15, -0.1) is 0 Å². The smallest absolute Gasteiger partial charge is 0.310 e. The highest BCUT2D eigenvalue weighted by molar-refractivity contribution is 5.77. The molecule has 15 heteroatoms. The minimum atomic E-state index is -1.80. The van der Waals surface area contributed by atoms with Crippen LogP contribution in [-0.2, 0) is 23.7 Å². The molecule has 2 aliphatic heterocycles. The van der Waals surface area contributed by atoms with Gasteiger partial charge in [-0.25, -0.2) is 0 Å². The van der Waals surface area contributed by atoms with Crippen LogP contribution in [-0.4, -0.2) is 150 Å². The second-order valence-corrected chi connectivity index (χ2v) is 20.5. The molecule has 10 N–H and O–H groups in total. The highest BCUT2D eigenvalue weighted by atomic mass is 16.8. The number of carboxylic acid groups (broad SMARTS) is 1. The quantitative estimate of drug-likeness (QED) is 0.120. The summed E-state index contributed by atoms with van der Waals surface area (Å²) in [6.07, 6.45) is -9.11. The van der Waals surface area contributed by atoms with Gasteiger partial charge in [0.25, 0.3) is 0 Å². The molecular formula is C42H68O15. The summed E-state index contributed by atoms with van der Waals surface area (Å²) in [6, 6.07) is 0. The van der Waals surface area contributed by atoms with Crippen molar-refractivity contribution in [2.24, 2.45) is 50.2 Å². The van der Waals surface area contributed by atoms with Crippen molar-refractivity contribution in [1.29, 1.82) is 0 Å². The first-order valence-corrected chi connectivity index (χ1v) is 21.1. The van der Waals surface area contributed by atoms with E-state index in [2.05, 4.69) is 26.8 Å². The Morgan fingerprint density at radius 3 is 1.95 bits per heavy atom. The fourth-order valence-electron chi connectivity index (χ4n) is 13.6. The second-order valence-electron chi connectivity index (χ2n) is 20.5. The van der Waals surface area contributed by atoms with E-state index in [-0.39, 0.29) is 34.7 Å². The van der Waals surface area contributed by atoms with Crippen LogP contribution in [0.2, 0.25) is 0 Å². The molecule has 57 heavy (non-hydrogen) atoms. The van der Waals surface area contributed by atoms with E-state index in [9.17, 15) is 55.9 Å². The minimum absolute atomic E-state index is 0.0520. The predicted molar refractivity (Wildman–Crippen MR) is 201 cm³/mol. The van der Waals surface area contributed by atoms with E-state index in [4.69, 9.17) is 18.9 Å². The molecule has 0 aromatic heterocycles. The van der Waals surface area contributed by atoms with E-state index < -0.39 is 115 Å². The Kier molecular flexibility index (Phi) is 11.5. The van der Waals surface area contributed by atoms with Gasteiger partial charge >= 0.3 is 5.97 Å². The molecule has 4 saturated carbocycles. The van der Waals surface area contributed by atoms with E-state index in [0.717, 1.165) is 18.4 Å². The molecule has 20 unspecified atom stereocenters. The number of aliphatic hydroxyl groups excluding tert-OH is 9. The van der Waals surface area contributed by atoms with E-state index >= 15 is 0 Å². The van der Waals surface area contributed by atoms with Crippen LogP contribution in [0.25, 0.3) is 0 Å². The Balaban J connectivity index is 1.18. The molecule has 15 nitrogen and oxygen atoms in total. The zero-order valence-electron chi connectivity index (χ0n) is 34.2. The molecule has 7 rings (SSSR count). The molecule has 7 aliphatic rings.